The van der Waals surface area contributed by atoms with Gasteiger partial charge in [0.2, 0.25) is 0 Å². The molecule has 2 aromatic rings. The molecular formula is C19H24BrN2O2+. The SMILES string of the molecule is COc1ccc(C)cc1C[NH+](C)CC(=O)Nc1ccc(C)cc1Br. The third kappa shape index (κ3) is 5.08. The Balaban J connectivity index is 1.98. The number of quaternary nitrogens is 1. The van der Waals surface area contributed by atoms with Crippen molar-refractivity contribution in [2.75, 3.05) is 26.0 Å². The Hall–Kier alpha value is -1.85. The second-order valence-electron chi connectivity index (χ2n) is 6.16. The van der Waals surface area contributed by atoms with Gasteiger partial charge in [0.05, 0.1) is 19.8 Å². The van der Waals surface area contributed by atoms with Gasteiger partial charge in [-0.25, -0.2) is 0 Å². The summed E-state index contributed by atoms with van der Waals surface area (Å²) in [6.07, 6.45) is 0. The summed E-state index contributed by atoms with van der Waals surface area (Å²) in [5, 5.41) is 2.96. The van der Waals surface area contributed by atoms with E-state index in [4.69, 9.17) is 4.74 Å². The molecule has 0 saturated carbocycles. The number of amides is 1. The van der Waals surface area contributed by atoms with Crippen LogP contribution in [-0.2, 0) is 11.3 Å². The Labute approximate surface area is 151 Å². The molecule has 0 fully saturated rings. The monoisotopic (exact) mass is 391 g/mol. The van der Waals surface area contributed by atoms with Crippen molar-refractivity contribution in [2.24, 2.45) is 0 Å². The van der Waals surface area contributed by atoms with Gasteiger partial charge in [-0.2, -0.15) is 0 Å². The molecule has 0 aliphatic rings. The van der Waals surface area contributed by atoms with E-state index in [0.29, 0.717) is 6.54 Å². The lowest BCUT2D eigenvalue weighted by molar-refractivity contribution is -0.885. The van der Waals surface area contributed by atoms with Crippen LogP contribution >= 0.6 is 15.9 Å². The average Bonchev–Trinajstić information content (AvgIpc) is 2.50. The van der Waals surface area contributed by atoms with Gasteiger partial charge in [-0.3, -0.25) is 4.79 Å². The molecule has 0 aliphatic carbocycles. The number of anilines is 1. The van der Waals surface area contributed by atoms with Crippen molar-refractivity contribution in [1.29, 1.82) is 0 Å². The molecule has 0 spiro atoms. The van der Waals surface area contributed by atoms with Crippen LogP contribution in [0.15, 0.2) is 40.9 Å². The Bertz CT molecular complexity index is 731. The van der Waals surface area contributed by atoms with Gasteiger partial charge in [-0.05, 0) is 59.6 Å². The fraction of sp³-hybridized carbons (Fsp3) is 0.316. The highest BCUT2D eigenvalue weighted by molar-refractivity contribution is 9.10. The number of hydrogen-bond acceptors (Lipinski definition) is 2. The van der Waals surface area contributed by atoms with E-state index in [0.717, 1.165) is 38.5 Å². The third-order valence-electron chi connectivity index (χ3n) is 3.79. The van der Waals surface area contributed by atoms with Crippen LogP contribution in [0.3, 0.4) is 0 Å². The van der Waals surface area contributed by atoms with Crippen LogP contribution in [0.1, 0.15) is 16.7 Å². The molecule has 1 unspecified atom stereocenters. The number of methoxy groups -OCH3 is 1. The van der Waals surface area contributed by atoms with Crippen LogP contribution in [-0.4, -0.2) is 26.6 Å². The van der Waals surface area contributed by atoms with Crippen LogP contribution in [0, 0.1) is 13.8 Å². The number of benzene rings is 2. The lowest BCUT2D eigenvalue weighted by Crippen LogP contribution is -3.08. The number of carbonyl (C=O) groups excluding carboxylic acids is 1. The molecule has 2 aromatic carbocycles. The fourth-order valence-corrected chi connectivity index (χ4v) is 3.22. The molecule has 0 bridgehead atoms. The van der Waals surface area contributed by atoms with Crippen molar-refractivity contribution in [3.63, 3.8) is 0 Å². The zero-order valence-corrected chi connectivity index (χ0v) is 16.2. The van der Waals surface area contributed by atoms with Gasteiger partial charge >= 0.3 is 0 Å². The smallest absolute Gasteiger partial charge is 0.279 e. The van der Waals surface area contributed by atoms with E-state index in [1.165, 1.54) is 5.56 Å². The Morgan fingerprint density at radius 1 is 1.17 bits per heavy atom. The highest BCUT2D eigenvalue weighted by Crippen LogP contribution is 2.23. The Morgan fingerprint density at radius 2 is 1.83 bits per heavy atom. The van der Waals surface area contributed by atoms with Crippen molar-refractivity contribution in [3.05, 3.63) is 57.6 Å². The first-order valence-electron chi connectivity index (χ1n) is 7.90. The summed E-state index contributed by atoms with van der Waals surface area (Å²) < 4.78 is 6.31. The van der Waals surface area contributed by atoms with Gasteiger partial charge < -0.3 is 15.0 Å². The summed E-state index contributed by atoms with van der Waals surface area (Å²) >= 11 is 3.48. The van der Waals surface area contributed by atoms with Gasteiger partial charge in [0.25, 0.3) is 5.91 Å². The van der Waals surface area contributed by atoms with Crippen LogP contribution in [0.2, 0.25) is 0 Å². The normalized spacial score (nSPS) is 11.9. The molecule has 2 N–H and O–H groups in total. The van der Waals surface area contributed by atoms with E-state index in [2.05, 4.69) is 34.2 Å². The predicted molar refractivity (Wildman–Crippen MR) is 101 cm³/mol. The molecule has 0 radical (unpaired) electrons. The lowest BCUT2D eigenvalue weighted by Gasteiger charge is -2.16. The summed E-state index contributed by atoms with van der Waals surface area (Å²) in [6, 6.07) is 12.0. The second-order valence-corrected chi connectivity index (χ2v) is 7.01. The molecule has 5 heteroatoms. The fourth-order valence-electron chi connectivity index (χ4n) is 2.62. The summed E-state index contributed by atoms with van der Waals surface area (Å²) in [4.78, 5) is 13.4. The van der Waals surface area contributed by atoms with Gasteiger partial charge in [-0.1, -0.05) is 17.7 Å². The zero-order valence-electron chi connectivity index (χ0n) is 14.6. The summed E-state index contributed by atoms with van der Waals surface area (Å²) in [5.74, 6) is 0.852. The minimum absolute atomic E-state index is 0.0105. The minimum atomic E-state index is -0.0105. The van der Waals surface area contributed by atoms with E-state index < -0.39 is 0 Å². The van der Waals surface area contributed by atoms with Gasteiger partial charge in [-0.15, -0.1) is 0 Å². The third-order valence-corrected chi connectivity index (χ3v) is 4.45. The van der Waals surface area contributed by atoms with Gasteiger partial charge in [0.15, 0.2) is 6.54 Å². The van der Waals surface area contributed by atoms with Crippen molar-refractivity contribution < 1.29 is 14.4 Å². The standard InChI is InChI=1S/C19H23BrN2O2/c1-13-6-8-18(24-4)15(9-13)11-22(3)12-19(23)21-17-7-5-14(2)10-16(17)20/h5-10H,11-12H2,1-4H3,(H,21,23)/p+1. The van der Waals surface area contributed by atoms with Crippen LogP contribution in [0.5, 0.6) is 5.75 Å². The first-order chi connectivity index (χ1) is 11.4. The maximum Gasteiger partial charge on any atom is 0.279 e. The quantitative estimate of drug-likeness (QED) is 0.794. The van der Waals surface area contributed by atoms with Crippen LogP contribution in [0.4, 0.5) is 5.69 Å². The highest BCUT2D eigenvalue weighted by Gasteiger charge is 2.14. The molecule has 0 aromatic heterocycles. The molecule has 0 aliphatic heterocycles. The first kappa shape index (κ1) is 18.5. The molecule has 0 saturated heterocycles. The van der Waals surface area contributed by atoms with E-state index >= 15 is 0 Å². The Kier molecular flexibility index (Phi) is 6.40. The van der Waals surface area contributed by atoms with Gasteiger partial charge in [0.1, 0.15) is 12.3 Å². The predicted octanol–water partition coefficient (Wildman–Crippen LogP) is 2.73. The maximum absolute atomic E-state index is 12.3. The highest BCUT2D eigenvalue weighted by atomic mass is 79.9. The minimum Gasteiger partial charge on any atom is -0.496 e. The molecule has 128 valence electrons. The number of ether oxygens (including phenoxy) is 1. The number of aryl methyl sites for hydroxylation is 2. The number of nitrogens with one attached hydrogen (secondary N) is 2. The summed E-state index contributed by atoms with van der Waals surface area (Å²) in [5.41, 5.74) is 4.24. The average molecular weight is 392 g/mol. The van der Waals surface area contributed by atoms with E-state index in [-0.39, 0.29) is 5.91 Å². The van der Waals surface area contributed by atoms with Crippen LogP contribution < -0.4 is 15.0 Å². The zero-order chi connectivity index (χ0) is 17.7. The largest absolute Gasteiger partial charge is 0.496 e. The number of carbonyl (C=O) groups is 1. The first-order valence-corrected chi connectivity index (χ1v) is 8.69. The van der Waals surface area contributed by atoms with E-state index in [1.54, 1.807) is 7.11 Å². The number of likely N-dealkylation sites (N-methyl/N-ethyl adjacent to an activating group) is 1. The van der Waals surface area contributed by atoms with Crippen molar-refractivity contribution in [2.45, 2.75) is 20.4 Å². The summed E-state index contributed by atoms with van der Waals surface area (Å²) in [6.45, 7) is 5.19. The van der Waals surface area contributed by atoms with E-state index in [9.17, 15) is 4.79 Å². The number of halogens is 1. The molecule has 4 nitrogen and oxygen atoms in total. The maximum atomic E-state index is 12.3. The van der Waals surface area contributed by atoms with Crippen molar-refractivity contribution >= 4 is 27.5 Å². The molecule has 1 atom stereocenters. The number of rotatable bonds is 6. The topological polar surface area (TPSA) is 42.8 Å². The molecule has 2 rings (SSSR count). The molecular weight excluding hydrogens is 368 g/mol. The summed E-state index contributed by atoms with van der Waals surface area (Å²) in [7, 11) is 3.68. The second kappa shape index (κ2) is 8.31. The van der Waals surface area contributed by atoms with Crippen molar-refractivity contribution in [1.82, 2.24) is 0 Å². The molecule has 0 heterocycles. The lowest BCUT2D eigenvalue weighted by atomic mass is 10.1. The molecule has 24 heavy (non-hydrogen) atoms. The van der Waals surface area contributed by atoms with Gasteiger partial charge in [0, 0.05) is 10.0 Å². The van der Waals surface area contributed by atoms with E-state index in [1.807, 2.05) is 44.3 Å². The van der Waals surface area contributed by atoms with Crippen LogP contribution in [0.25, 0.3) is 0 Å². The molecule has 1 amide bonds. The number of hydrogen-bond donors (Lipinski definition) is 2. The Morgan fingerprint density at radius 3 is 2.50 bits per heavy atom. The van der Waals surface area contributed by atoms with Crippen molar-refractivity contribution in [3.8, 4) is 5.75 Å².